The molecule has 0 aliphatic heterocycles. The topological polar surface area (TPSA) is 114 Å². The number of hydrogen-bond donors (Lipinski definition) is 2. The van der Waals surface area contributed by atoms with E-state index in [1.807, 2.05) is 43.3 Å². The molecule has 8 heteroatoms. The molecule has 0 atom stereocenters. The van der Waals surface area contributed by atoms with Crippen molar-refractivity contribution in [1.82, 2.24) is 15.0 Å². The number of nitrogens with zero attached hydrogens (tertiary/aromatic N) is 3. The summed E-state index contributed by atoms with van der Waals surface area (Å²) in [6.45, 7) is 1.94. The molecule has 1 amide bonds. The van der Waals surface area contributed by atoms with Gasteiger partial charge in [0.25, 0.3) is 5.91 Å². The van der Waals surface area contributed by atoms with E-state index in [-0.39, 0.29) is 11.5 Å². The highest BCUT2D eigenvalue weighted by molar-refractivity contribution is 6.07. The number of hydrogen-bond acceptors (Lipinski definition) is 7. The third kappa shape index (κ3) is 5.08. The number of rotatable bonds is 7. The van der Waals surface area contributed by atoms with E-state index in [1.165, 1.54) is 0 Å². The highest BCUT2D eigenvalue weighted by Gasteiger charge is 2.11. The van der Waals surface area contributed by atoms with Crippen molar-refractivity contribution in [3.05, 3.63) is 108 Å². The maximum absolute atomic E-state index is 13.0. The summed E-state index contributed by atoms with van der Waals surface area (Å²) in [5.41, 5.74) is 4.92. The number of carbonyl (C=O) groups excluding carboxylic acids is 3. The van der Waals surface area contributed by atoms with Gasteiger partial charge in [0.15, 0.2) is 12.6 Å². The van der Waals surface area contributed by atoms with Crippen molar-refractivity contribution in [3.8, 4) is 11.3 Å². The smallest absolute Gasteiger partial charge is 0.255 e. The number of benzene rings is 3. The lowest BCUT2D eigenvalue weighted by Crippen LogP contribution is -2.12. The Labute approximate surface area is 212 Å². The molecule has 0 saturated carbocycles. The largest absolute Gasteiger partial charge is 0.324 e. The van der Waals surface area contributed by atoms with Crippen LogP contribution in [-0.4, -0.2) is 33.4 Å². The third-order valence-corrected chi connectivity index (χ3v) is 5.91. The highest BCUT2D eigenvalue weighted by atomic mass is 16.1. The van der Waals surface area contributed by atoms with Crippen LogP contribution in [0.3, 0.4) is 0 Å². The van der Waals surface area contributed by atoms with Crippen LogP contribution in [-0.2, 0) is 0 Å². The summed E-state index contributed by atoms with van der Waals surface area (Å²) in [5.74, 6) is 0.113. The Kier molecular flexibility index (Phi) is 6.46. The van der Waals surface area contributed by atoms with Gasteiger partial charge in [-0.3, -0.25) is 19.4 Å². The molecule has 5 rings (SSSR count). The lowest BCUT2D eigenvalue weighted by Gasteiger charge is -2.12. The van der Waals surface area contributed by atoms with Crippen LogP contribution in [0.2, 0.25) is 0 Å². The first-order chi connectivity index (χ1) is 18.0. The molecule has 0 spiro atoms. The molecule has 2 heterocycles. The van der Waals surface area contributed by atoms with E-state index in [1.54, 1.807) is 48.9 Å². The Morgan fingerprint density at radius 3 is 2.43 bits per heavy atom. The van der Waals surface area contributed by atoms with Crippen molar-refractivity contribution in [2.75, 3.05) is 10.6 Å². The number of nitrogens with one attached hydrogen (secondary N) is 2. The van der Waals surface area contributed by atoms with Crippen molar-refractivity contribution < 1.29 is 14.4 Å². The van der Waals surface area contributed by atoms with Crippen LogP contribution in [0.15, 0.2) is 85.3 Å². The summed E-state index contributed by atoms with van der Waals surface area (Å²) in [7, 11) is 0. The molecule has 0 aliphatic rings. The van der Waals surface area contributed by atoms with E-state index < -0.39 is 0 Å². The summed E-state index contributed by atoms with van der Waals surface area (Å²) >= 11 is 0. The molecule has 37 heavy (non-hydrogen) atoms. The quantitative estimate of drug-likeness (QED) is 0.286. The first-order valence-corrected chi connectivity index (χ1v) is 11.4. The molecule has 0 fully saturated rings. The number of pyridine rings is 1. The average Bonchev–Trinajstić information content (AvgIpc) is 2.94. The van der Waals surface area contributed by atoms with Gasteiger partial charge in [-0.1, -0.05) is 12.1 Å². The van der Waals surface area contributed by atoms with Crippen LogP contribution in [0.1, 0.15) is 36.6 Å². The maximum atomic E-state index is 13.0. The summed E-state index contributed by atoms with van der Waals surface area (Å²) in [4.78, 5) is 48.6. The van der Waals surface area contributed by atoms with Crippen LogP contribution < -0.4 is 10.6 Å². The molecular weight excluding hydrogens is 466 g/mol. The fourth-order valence-corrected chi connectivity index (χ4v) is 3.93. The minimum absolute atomic E-state index is 0.282. The van der Waals surface area contributed by atoms with Gasteiger partial charge in [-0.25, -0.2) is 9.97 Å². The molecular formula is C29H21N5O3. The lowest BCUT2D eigenvalue weighted by molar-refractivity contribution is 0.102. The van der Waals surface area contributed by atoms with Gasteiger partial charge >= 0.3 is 0 Å². The molecule has 2 N–H and O–H groups in total. The second-order valence-corrected chi connectivity index (χ2v) is 8.39. The minimum atomic E-state index is -0.307. The monoisotopic (exact) mass is 487 g/mol. The number of aldehydes is 2. The normalized spacial score (nSPS) is 10.6. The second-order valence-electron chi connectivity index (χ2n) is 8.39. The Morgan fingerprint density at radius 1 is 0.865 bits per heavy atom. The maximum Gasteiger partial charge on any atom is 0.255 e. The Balaban J connectivity index is 1.37. The summed E-state index contributed by atoms with van der Waals surface area (Å²) in [6, 6.07) is 19.5. The molecule has 5 aromatic rings. The van der Waals surface area contributed by atoms with E-state index in [2.05, 4.69) is 25.6 Å². The number of aryl methyl sites for hydroxylation is 1. The van der Waals surface area contributed by atoms with Gasteiger partial charge < -0.3 is 10.6 Å². The van der Waals surface area contributed by atoms with E-state index in [0.29, 0.717) is 40.7 Å². The number of anilines is 3. The highest BCUT2D eigenvalue weighted by Crippen LogP contribution is 2.25. The van der Waals surface area contributed by atoms with Crippen LogP contribution in [0, 0.1) is 6.92 Å². The number of amides is 1. The van der Waals surface area contributed by atoms with Gasteiger partial charge in [-0.2, -0.15) is 0 Å². The summed E-state index contributed by atoms with van der Waals surface area (Å²) < 4.78 is 0. The molecule has 0 saturated heterocycles. The molecule has 2 aromatic heterocycles. The van der Waals surface area contributed by atoms with E-state index >= 15 is 0 Å². The van der Waals surface area contributed by atoms with Crippen LogP contribution >= 0.6 is 0 Å². The van der Waals surface area contributed by atoms with Crippen molar-refractivity contribution in [2.24, 2.45) is 0 Å². The van der Waals surface area contributed by atoms with Crippen molar-refractivity contribution >= 4 is 46.6 Å². The lowest BCUT2D eigenvalue weighted by atomic mass is 10.00. The van der Waals surface area contributed by atoms with E-state index in [4.69, 9.17) is 0 Å². The molecule has 0 aliphatic carbocycles. The van der Waals surface area contributed by atoms with Gasteiger partial charge in [0.2, 0.25) is 5.95 Å². The molecule has 8 nitrogen and oxygen atoms in total. The zero-order valence-electron chi connectivity index (χ0n) is 19.8. The van der Waals surface area contributed by atoms with Gasteiger partial charge in [0.1, 0.15) is 0 Å². The molecule has 0 bridgehead atoms. The van der Waals surface area contributed by atoms with Gasteiger partial charge in [0, 0.05) is 52.2 Å². The number of carbonyl (C=O) groups is 3. The fraction of sp³-hybridized carbons (Fsp3) is 0.0345. The van der Waals surface area contributed by atoms with Crippen molar-refractivity contribution in [2.45, 2.75) is 6.92 Å². The first-order valence-electron chi connectivity index (χ1n) is 11.4. The Bertz CT molecular complexity index is 1650. The third-order valence-electron chi connectivity index (χ3n) is 5.91. The first kappa shape index (κ1) is 23.5. The van der Waals surface area contributed by atoms with Crippen LogP contribution in [0.5, 0.6) is 0 Å². The SMILES string of the molecule is Cc1ccc(NC(=O)c2ccc3cc(C=O)c(C=O)cc3c2)cc1Nc1nccc(-c2cccnc2)n1. The number of fused-ring (bicyclic) bond motifs is 1. The Morgan fingerprint density at radius 2 is 1.68 bits per heavy atom. The fourth-order valence-electron chi connectivity index (χ4n) is 3.93. The zero-order valence-corrected chi connectivity index (χ0v) is 19.8. The molecule has 180 valence electrons. The Hall–Kier alpha value is -5.24. The molecule has 0 radical (unpaired) electrons. The molecule has 0 unspecified atom stereocenters. The summed E-state index contributed by atoms with van der Waals surface area (Å²) in [6.07, 6.45) is 6.39. The number of aromatic nitrogens is 3. The van der Waals surface area contributed by atoms with Crippen molar-refractivity contribution in [3.63, 3.8) is 0 Å². The van der Waals surface area contributed by atoms with Crippen molar-refractivity contribution in [1.29, 1.82) is 0 Å². The van der Waals surface area contributed by atoms with E-state index in [0.717, 1.165) is 27.9 Å². The van der Waals surface area contributed by atoms with Crippen LogP contribution in [0.25, 0.3) is 22.0 Å². The predicted octanol–water partition coefficient (Wildman–Crippen LogP) is 5.62. The van der Waals surface area contributed by atoms with Gasteiger partial charge in [-0.15, -0.1) is 0 Å². The predicted molar refractivity (Wildman–Crippen MR) is 142 cm³/mol. The average molecular weight is 488 g/mol. The van der Waals surface area contributed by atoms with Gasteiger partial charge in [0.05, 0.1) is 5.69 Å². The second kappa shape index (κ2) is 10.2. The van der Waals surface area contributed by atoms with Crippen LogP contribution in [0.4, 0.5) is 17.3 Å². The minimum Gasteiger partial charge on any atom is -0.324 e. The van der Waals surface area contributed by atoms with E-state index in [9.17, 15) is 14.4 Å². The summed E-state index contributed by atoms with van der Waals surface area (Å²) in [5, 5.41) is 7.59. The standard InChI is InChI=1S/C29H21N5O3/c1-18-4-7-25(14-27(18)34-29-31-10-8-26(33-29)21-3-2-9-30-15-21)32-28(37)20-6-5-19-11-23(16-35)24(17-36)13-22(19)12-20/h2-17H,1H3,(H,32,37)(H,31,33,34). The van der Waals surface area contributed by atoms with Gasteiger partial charge in [-0.05, 0) is 77.9 Å². The zero-order chi connectivity index (χ0) is 25.8. The molecule has 3 aromatic carbocycles.